The molecule has 0 aliphatic carbocycles. The zero-order valence-corrected chi connectivity index (χ0v) is 10.7. The van der Waals surface area contributed by atoms with Crippen LogP contribution in [-0.2, 0) is 11.2 Å². The number of ether oxygens (including phenoxy) is 2. The van der Waals surface area contributed by atoms with Gasteiger partial charge in [-0.15, -0.1) is 0 Å². The van der Waals surface area contributed by atoms with E-state index in [1.165, 1.54) is 5.56 Å². The third-order valence-corrected chi connectivity index (χ3v) is 3.66. The minimum Gasteiger partial charge on any atom is -0.497 e. The van der Waals surface area contributed by atoms with Gasteiger partial charge in [-0.25, -0.2) is 0 Å². The summed E-state index contributed by atoms with van der Waals surface area (Å²) in [6.45, 7) is 1.70. The van der Waals surface area contributed by atoms with Crippen LogP contribution in [0.4, 0.5) is 0 Å². The van der Waals surface area contributed by atoms with E-state index in [2.05, 4.69) is 23.5 Å². The van der Waals surface area contributed by atoms with E-state index in [0.29, 0.717) is 0 Å². The molecule has 1 heterocycles. The van der Waals surface area contributed by atoms with Crippen molar-refractivity contribution in [3.63, 3.8) is 0 Å². The molecule has 0 bridgehead atoms. The molecule has 1 aliphatic heterocycles. The third kappa shape index (κ3) is 2.99. The highest BCUT2D eigenvalue weighted by Crippen LogP contribution is 2.26. The van der Waals surface area contributed by atoms with Crippen LogP contribution in [0.15, 0.2) is 24.3 Å². The largest absolute Gasteiger partial charge is 0.497 e. The first-order chi connectivity index (χ1) is 8.28. The molecule has 0 radical (unpaired) electrons. The molecule has 1 aliphatic rings. The van der Waals surface area contributed by atoms with Crippen LogP contribution in [-0.4, -0.2) is 32.9 Å². The molecule has 0 amide bonds. The average molecular weight is 235 g/mol. The monoisotopic (exact) mass is 235 g/mol. The first-order valence-corrected chi connectivity index (χ1v) is 6.18. The number of benzene rings is 1. The van der Waals surface area contributed by atoms with Crippen molar-refractivity contribution in [1.82, 2.24) is 5.32 Å². The predicted octanol–water partition coefficient (Wildman–Crippen LogP) is 2.01. The molecule has 2 rings (SSSR count). The molecule has 17 heavy (non-hydrogen) atoms. The zero-order valence-electron chi connectivity index (χ0n) is 10.7. The molecule has 3 heteroatoms. The number of methoxy groups -OCH3 is 1. The Kier molecular flexibility index (Phi) is 4.02. The molecule has 1 aromatic carbocycles. The molecule has 0 unspecified atom stereocenters. The molecule has 1 fully saturated rings. The first kappa shape index (κ1) is 12.4. The van der Waals surface area contributed by atoms with Gasteiger partial charge in [0, 0.05) is 18.8 Å². The molecule has 0 atom stereocenters. The van der Waals surface area contributed by atoms with Crippen molar-refractivity contribution in [1.29, 1.82) is 0 Å². The summed E-state index contributed by atoms with van der Waals surface area (Å²) in [5, 5.41) is 3.48. The van der Waals surface area contributed by atoms with Crippen LogP contribution in [0.2, 0.25) is 0 Å². The number of nitrogens with one attached hydrogen (secondary N) is 1. The Morgan fingerprint density at radius 1 is 1.35 bits per heavy atom. The summed E-state index contributed by atoms with van der Waals surface area (Å²) < 4.78 is 10.7. The van der Waals surface area contributed by atoms with Gasteiger partial charge in [-0.05, 0) is 44.0 Å². The van der Waals surface area contributed by atoms with Crippen LogP contribution in [0, 0.1) is 0 Å². The van der Waals surface area contributed by atoms with Crippen molar-refractivity contribution in [2.75, 3.05) is 27.4 Å². The lowest BCUT2D eigenvalue weighted by atomic mass is 9.84. The van der Waals surface area contributed by atoms with Gasteiger partial charge in [-0.3, -0.25) is 0 Å². The van der Waals surface area contributed by atoms with Gasteiger partial charge < -0.3 is 14.8 Å². The van der Waals surface area contributed by atoms with Gasteiger partial charge in [0.15, 0.2) is 0 Å². The van der Waals surface area contributed by atoms with Crippen molar-refractivity contribution in [2.24, 2.45) is 0 Å². The number of hydrogen-bond donors (Lipinski definition) is 1. The van der Waals surface area contributed by atoms with Gasteiger partial charge in [-0.1, -0.05) is 12.1 Å². The summed E-state index contributed by atoms with van der Waals surface area (Å²) in [7, 11) is 3.76. The highest BCUT2D eigenvalue weighted by atomic mass is 16.5. The Morgan fingerprint density at radius 3 is 2.76 bits per heavy atom. The maximum Gasteiger partial charge on any atom is 0.119 e. The predicted molar refractivity (Wildman–Crippen MR) is 68.5 cm³/mol. The van der Waals surface area contributed by atoms with Gasteiger partial charge in [-0.2, -0.15) is 0 Å². The Balaban J connectivity index is 2.11. The SMILES string of the molecule is CNC1(Cc2cccc(OC)c2)CCOCC1. The topological polar surface area (TPSA) is 30.5 Å². The smallest absolute Gasteiger partial charge is 0.119 e. The van der Waals surface area contributed by atoms with Gasteiger partial charge in [0.25, 0.3) is 0 Å². The van der Waals surface area contributed by atoms with Crippen molar-refractivity contribution in [3.05, 3.63) is 29.8 Å². The highest BCUT2D eigenvalue weighted by Gasteiger charge is 2.30. The normalized spacial score (nSPS) is 18.9. The van der Waals surface area contributed by atoms with E-state index in [0.717, 1.165) is 38.2 Å². The summed E-state index contributed by atoms with van der Waals surface area (Å²) in [5.74, 6) is 0.931. The minimum atomic E-state index is 0.185. The first-order valence-electron chi connectivity index (χ1n) is 6.18. The van der Waals surface area contributed by atoms with E-state index in [1.54, 1.807) is 7.11 Å². The van der Waals surface area contributed by atoms with Crippen LogP contribution in [0.1, 0.15) is 18.4 Å². The third-order valence-electron chi connectivity index (χ3n) is 3.66. The fourth-order valence-corrected chi connectivity index (χ4v) is 2.45. The Bertz CT molecular complexity index is 359. The standard InChI is InChI=1S/C14H21NO2/c1-15-14(6-8-17-9-7-14)11-12-4-3-5-13(10-12)16-2/h3-5,10,15H,6-9,11H2,1-2H3. The number of rotatable bonds is 4. The summed E-state index contributed by atoms with van der Waals surface area (Å²) in [4.78, 5) is 0. The van der Waals surface area contributed by atoms with Crippen molar-refractivity contribution >= 4 is 0 Å². The molecule has 0 aromatic heterocycles. The summed E-state index contributed by atoms with van der Waals surface area (Å²) in [6, 6.07) is 8.32. The maximum atomic E-state index is 5.44. The van der Waals surface area contributed by atoms with Crippen LogP contribution in [0.25, 0.3) is 0 Å². The van der Waals surface area contributed by atoms with Crippen LogP contribution in [0.3, 0.4) is 0 Å². The van der Waals surface area contributed by atoms with E-state index < -0.39 is 0 Å². The van der Waals surface area contributed by atoms with Crippen LogP contribution >= 0.6 is 0 Å². The van der Waals surface area contributed by atoms with E-state index in [1.807, 2.05) is 13.1 Å². The molecule has 3 nitrogen and oxygen atoms in total. The fourth-order valence-electron chi connectivity index (χ4n) is 2.45. The molecule has 1 N–H and O–H groups in total. The molecule has 0 spiro atoms. The van der Waals surface area contributed by atoms with E-state index >= 15 is 0 Å². The van der Waals surface area contributed by atoms with Gasteiger partial charge >= 0.3 is 0 Å². The lowest BCUT2D eigenvalue weighted by Crippen LogP contribution is -2.49. The second-order valence-corrected chi connectivity index (χ2v) is 4.67. The lowest BCUT2D eigenvalue weighted by Gasteiger charge is -2.37. The second-order valence-electron chi connectivity index (χ2n) is 4.67. The molecule has 1 aromatic rings. The Labute approximate surface area is 103 Å². The molecule has 94 valence electrons. The van der Waals surface area contributed by atoms with Crippen molar-refractivity contribution in [2.45, 2.75) is 24.8 Å². The average Bonchev–Trinajstić information content (AvgIpc) is 2.40. The lowest BCUT2D eigenvalue weighted by molar-refractivity contribution is 0.0413. The zero-order chi connectivity index (χ0) is 12.1. The maximum absolute atomic E-state index is 5.44. The number of likely N-dealkylation sites (N-methyl/N-ethyl adjacent to an activating group) is 1. The summed E-state index contributed by atoms with van der Waals surface area (Å²) in [6.07, 6.45) is 3.17. The van der Waals surface area contributed by atoms with Crippen LogP contribution in [0.5, 0.6) is 5.75 Å². The minimum absolute atomic E-state index is 0.185. The Hall–Kier alpha value is -1.06. The van der Waals surface area contributed by atoms with Crippen LogP contribution < -0.4 is 10.1 Å². The number of hydrogen-bond acceptors (Lipinski definition) is 3. The van der Waals surface area contributed by atoms with Gasteiger partial charge in [0.05, 0.1) is 7.11 Å². The quantitative estimate of drug-likeness (QED) is 0.866. The van der Waals surface area contributed by atoms with Crippen molar-refractivity contribution in [3.8, 4) is 5.75 Å². The van der Waals surface area contributed by atoms with E-state index in [-0.39, 0.29) is 5.54 Å². The molecule has 1 saturated heterocycles. The molecular weight excluding hydrogens is 214 g/mol. The molecule has 0 saturated carbocycles. The molecular formula is C14H21NO2. The van der Waals surface area contributed by atoms with E-state index in [9.17, 15) is 0 Å². The summed E-state index contributed by atoms with van der Waals surface area (Å²) >= 11 is 0. The summed E-state index contributed by atoms with van der Waals surface area (Å²) in [5.41, 5.74) is 1.51. The van der Waals surface area contributed by atoms with Crippen molar-refractivity contribution < 1.29 is 9.47 Å². The van der Waals surface area contributed by atoms with E-state index in [4.69, 9.17) is 9.47 Å². The second kappa shape index (κ2) is 5.52. The van der Waals surface area contributed by atoms with Gasteiger partial charge in [0.2, 0.25) is 0 Å². The van der Waals surface area contributed by atoms with Gasteiger partial charge in [0.1, 0.15) is 5.75 Å². The Morgan fingerprint density at radius 2 is 2.12 bits per heavy atom. The fraction of sp³-hybridized carbons (Fsp3) is 0.571. The highest BCUT2D eigenvalue weighted by molar-refractivity contribution is 5.29.